The minimum Gasteiger partial charge on any atom is -0.480 e. The third-order valence-corrected chi connectivity index (χ3v) is 3.78. The highest BCUT2D eigenvalue weighted by molar-refractivity contribution is 5.90. The molecule has 1 aliphatic rings. The van der Waals surface area contributed by atoms with E-state index >= 15 is 0 Å². The van der Waals surface area contributed by atoms with Crippen molar-refractivity contribution in [3.05, 3.63) is 35.9 Å². The molecule has 6 heteroatoms. The van der Waals surface area contributed by atoms with Gasteiger partial charge in [-0.15, -0.1) is 0 Å². The molecular weight excluding hydrogens is 284 g/mol. The van der Waals surface area contributed by atoms with Gasteiger partial charge >= 0.3 is 5.97 Å². The summed E-state index contributed by atoms with van der Waals surface area (Å²) >= 11 is 0. The van der Waals surface area contributed by atoms with E-state index in [0.29, 0.717) is 25.8 Å². The fraction of sp³-hybridized carbons (Fsp3) is 0.438. The van der Waals surface area contributed by atoms with Gasteiger partial charge in [0, 0.05) is 19.9 Å². The van der Waals surface area contributed by atoms with Crippen molar-refractivity contribution in [2.24, 2.45) is 0 Å². The van der Waals surface area contributed by atoms with E-state index in [-0.39, 0.29) is 11.8 Å². The van der Waals surface area contributed by atoms with Crippen molar-refractivity contribution < 1.29 is 19.5 Å². The Morgan fingerprint density at radius 1 is 1.32 bits per heavy atom. The summed E-state index contributed by atoms with van der Waals surface area (Å²) in [6.07, 6.45) is 1.47. The van der Waals surface area contributed by atoms with Gasteiger partial charge in [0.05, 0.1) is 0 Å². The van der Waals surface area contributed by atoms with Crippen LogP contribution in [0.2, 0.25) is 0 Å². The summed E-state index contributed by atoms with van der Waals surface area (Å²) in [5.41, 5.74) is 0.917. The van der Waals surface area contributed by atoms with E-state index in [0.717, 1.165) is 5.56 Å². The van der Waals surface area contributed by atoms with Crippen molar-refractivity contribution in [1.82, 2.24) is 10.2 Å². The normalized spacial score (nSPS) is 18.8. The van der Waals surface area contributed by atoms with Crippen molar-refractivity contribution >= 4 is 17.8 Å². The second-order valence-electron chi connectivity index (χ2n) is 5.47. The molecule has 2 atom stereocenters. The molecule has 0 bridgehead atoms. The molecule has 118 valence electrons. The van der Waals surface area contributed by atoms with Crippen LogP contribution in [-0.4, -0.2) is 46.4 Å². The van der Waals surface area contributed by atoms with Crippen molar-refractivity contribution in [2.75, 3.05) is 6.54 Å². The second-order valence-corrected chi connectivity index (χ2v) is 5.47. The van der Waals surface area contributed by atoms with E-state index in [1.165, 1.54) is 11.8 Å². The van der Waals surface area contributed by atoms with Crippen LogP contribution >= 0.6 is 0 Å². The molecule has 1 aromatic carbocycles. The number of likely N-dealkylation sites (tertiary alicyclic amines) is 1. The standard InChI is InChI=1S/C16H20N2O4/c1-11(19)17-13(10-12-6-3-2-4-7-12)15(20)18-9-5-8-14(18)16(21)22/h2-4,6-7,13-14H,5,8-10H2,1H3,(H,17,19)(H,21,22). The molecule has 1 heterocycles. The smallest absolute Gasteiger partial charge is 0.326 e. The fourth-order valence-corrected chi connectivity index (χ4v) is 2.78. The van der Waals surface area contributed by atoms with Crippen molar-refractivity contribution in [3.63, 3.8) is 0 Å². The predicted octanol–water partition coefficient (Wildman–Crippen LogP) is 0.809. The summed E-state index contributed by atoms with van der Waals surface area (Å²) in [5, 5.41) is 11.8. The molecular formula is C16H20N2O4. The number of carbonyl (C=O) groups is 3. The molecule has 0 radical (unpaired) electrons. The number of nitrogens with zero attached hydrogens (tertiary/aromatic N) is 1. The Bertz CT molecular complexity index is 559. The summed E-state index contributed by atoms with van der Waals surface area (Å²) in [5.74, 6) is -1.63. The lowest BCUT2D eigenvalue weighted by Crippen LogP contribution is -2.52. The number of aliphatic carboxylic acids is 1. The number of amides is 2. The first-order chi connectivity index (χ1) is 10.5. The van der Waals surface area contributed by atoms with Crippen LogP contribution in [0.1, 0.15) is 25.3 Å². The number of nitrogens with one attached hydrogen (secondary N) is 1. The number of carboxylic acids is 1. The summed E-state index contributed by atoms with van der Waals surface area (Å²) in [4.78, 5) is 36.6. The van der Waals surface area contributed by atoms with Crippen LogP contribution in [0, 0.1) is 0 Å². The third kappa shape index (κ3) is 3.84. The first kappa shape index (κ1) is 16.0. The Morgan fingerprint density at radius 3 is 2.59 bits per heavy atom. The maximum Gasteiger partial charge on any atom is 0.326 e. The predicted molar refractivity (Wildman–Crippen MR) is 80.1 cm³/mol. The Hall–Kier alpha value is -2.37. The first-order valence-electron chi connectivity index (χ1n) is 7.33. The van der Waals surface area contributed by atoms with Gasteiger partial charge in [0.25, 0.3) is 0 Å². The summed E-state index contributed by atoms with van der Waals surface area (Å²) in [7, 11) is 0. The average Bonchev–Trinajstić information content (AvgIpc) is 2.96. The number of carbonyl (C=O) groups excluding carboxylic acids is 2. The van der Waals surface area contributed by atoms with Gasteiger partial charge in [-0.2, -0.15) is 0 Å². The maximum atomic E-state index is 12.6. The molecule has 1 aromatic rings. The zero-order valence-corrected chi connectivity index (χ0v) is 12.5. The SMILES string of the molecule is CC(=O)NC(Cc1ccccc1)C(=O)N1CCCC1C(=O)O. The minimum absolute atomic E-state index is 0.305. The number of rotatable bonds is 5. The second kappa shape index (κ2) is 7.06. The maximum absolute atomic E-state index is 12.6. The van der Waals surface area contributed by atoms with E-state index in [1.54, 1.807) is 0 Å². The Labute approximate surface area is 129 Å². The molecule has 2 N–H and O–H groups in total. The molecule has 1 aliphatic heterocycles. The van der Waals surface area contributed by atoms with E-state index in [2.05, 4.69) is 5.32 Å². The Balaban J connectivity index is 2.15. The molecule has 2 unspecified atom stereocenters. The fourth-order valence-electron chi connectivity index (χ4n) is 2.78. The largest absolute Gasteiger partial charge is 0.480 e. The molecule has 1 saturated heterocycles. The van der Waals surface area contributed by atoms with Gasteiger partial charge in [-0.3, -0.25) is 9.59 Å². The van der Waals surface area contributed by atoms with Gasteiger partial charge in [0.1, 0.15) is 12.1 Å². The highest BCUT2D eigenvalue weighted by atomic mass is 16.4. The van der Waals surface area contributed by atoms with Gasteiger partial charge in [0.2, 0.25) is 11.8 Å². The van der Waals surface area contributed by atoms with Crippen molar-refractivity contribution in [3.8, 4) is 0 Å². The number of hydrogen-bond donors (Lipinski definition) is 2. The molecule has 0 aliphatic carbocycles. The molecule has 0 saturated carbocycles. The van der Waals surface area contributed by atoms with Gasteiger partial charge in [0.15, 0.2) is 0 Å². The van der Waals surface area contributed by atoms with Crippen LogP contribution in [0.25, 0.3) is 0 Å². The van der Waals surface area contributed by atoms with Gasteiger partial charge in [-0.25, -0.2) is 4.79 Å². The quantitative estimate of drug-likeness (QED) is 0.843. The van der Waals surface area contributed by atoms with Crippen LogP contribution < -0.4 is 5.32 Å². The van der Waals surface area contributed by atoms with Gasteiger partial charge in [-0.05, 0) is 18.4 Å². The van der Waals surface area contributed by atoms with E-state index < -0.39 is 18.1 Å². The van der Waals surface area contributed by atoms with E-state index in [9.17, 15) is 19.5 Å². The average molecular weight is 304 g/mol. The lowest BCUT2D eigenvalue weighted by molar-refractivity contribution is -0.149. The molecule has 22 heavy (non-hydrogen) atoms. The van der Waals surface area contributed by atoms with Gasteiger partial charge in [-0.1, -0.05) is 30.3 Å². The highest BCUT2D eigenvalue weighted by Crippen LogP contribution is 2.19. The molecule has 2 rings (SSSR count). The highest BCUT2D eigenvalue weighted by Gasteiger charge is 2.37. The van der Waals surface area contributed by atoms with E-state index in [4.69, 9.17) is 0 Å². The number of carboxylic acid groups (broad SMARTS) is 1. The topological polar surface area (TPSA) is 86.7 Å². The van der Waals surface area contributed by atoms with Crippen LogP contribution in [-0.2, 0) is 20.8 Å². The zero-order valence-electron chi connectivity index (χ0n) is 12.5. The summed E-state index contributed by atoms with van der Waals surface area (Å²) < 4.78 is 0. The zero-order chi connectivity index (χ0) is 16.1. The summed E-state index contributed by atoms with van der Waals surface area (Å²) in [6, 6.07) is 7.82. The lowest BCUT2D eigenvalue weighted by atomic mass is 10.0. The molecule has 2 amide bonds. The molecule has 0 aromatic heterocycles. The van der Waals surface area contributed by atoms with Crippen LogP contribution in [0.15, 0.2) is 30.3 Å². The monoisotopic (exact) mass is 304 g/mol. The Kier molecular flexibility index (Phi) is 5.14. The van der Waals surface area contributed by atoms with Crippen molar-refractivity contribution in [1.29, 1.82) is 0 Å². The van der Waals surface area contributed by atoms with Crippen LogP contribution in [0.5, 0.6) is 0 Å². The lowest BCUT2D eigenvalue weighted by Gasteiger charge is -2.27. The number of benzene rings is 1. The Morgan fingerprint density at radius 2 is 2.00 bits per heavy atom. The van der Waals surface area contributed by atoms with E-state index in [1.807, 2.05) is 30.3 Å². The summed E-state index contributed by atoms with van der Waals surface area (Å²) in [6.45, 7) is 1.77. The van der Waals surface area contributed by atoms with Crippen LogP contribution in [0.4, 0.5) is 0 Å². The van der Waals surface area contributed by atoms with Gasteiger partial charge < -0.3 is 15.3 Å². The first-order valence-corrected chi connectivity index (χ1v) is 7.33. The van der Waals surface area contributed by atoms with Crippen molar-refractivity contribution in [2.45, 2.75) is 38.3 Å². The number of hydrogen-bond acceptors (Lipinski definition) is 3. The molecule has 1 fully saturated rings. The molecule has 6 nitrogen and oxygen atoms in total. The molecule has 0 spiro atoms. The minimum atomic E-state index is -0.993. The third-order valence-electron chi connectivity index (χ3n) is 3.78. The van der Waals surface area contributed by atoms with Crippen LogP contribution in [0.3, 0.4) is 0 Å².